The Kier molecular flexibility index (Phi) is 3.62. The monoisotopic (exact) mass is 246 g/mol. The van der Waals surface area contributed by atoms with Crippen molar-refractivity contribution in [2.45, 2.75) is 6.42 Å². The predicted molar refractivity (Wildman–Crippen MR) is 65.8 cm³/mol. The summed E-state index contributed by atoms with van der Waals surface area (Å²) in [5, 5.41) is 4.30. The van der Waals surface area contributed by atoms with Crippen molar-refractivity contribution in [3.8, 4) is 11.4 Å². The van der Waals surface area contributed by atoms with Gasteiger partial charge < -0.3 is 9.47 Å². The van der Waals surface area contributed by atoms with Crippen LogP contribution in [0.4, 0.5) is 0 Å². The molecule has 5 nitrogen and oxygen atoms in total. The van der Waals surface area contributed by atoms with Crippen molar-refractivity contribution in [2.24, 2.45) is 0 Å². The average Bonchev–Trinajstić information content (AvgIpc) is 2.87. The molecule has 1 aromatic carbocycles. The third-order valence-electron chi connectivity index (χ3n) is 2.52. The smallest absolute Gasteiger partial charge is 0.311 e. The van der Waals surface area contributed by atoms with Gasteiger partial charge in [0.25, 0.3) is 0 Å². The predicted octanol–water partition coefficient (Wildman–Crippen LogP) is 1.60. The SMILES string of the molecule is COC(=O)Cc1ccn(-c2cccc(OC)c2)n1. The number of methoxy groups -OCH3 is 2. The lowest BCUT2D eigenvalue weighted by Crippen LogP contribution is -2.05. The molecule has 18 heavy (non-hydrogen) atoms. The van der Waals surface area contributed by atoms with Crippen LogP contribution in [0, 0.1) is 0 Å². The second kappa shape index (κ2) is 5.35. The van der Waals surface area contributed by atoms with Crippen LogP contribution in [0.15, 0.2) is 36.5 Å². The van der Waals surface area contributed by atoms with Crippen molar-refractivity contribution in [1.82, 2.24) is 9.78 Å². The van der Waals surface area contributed by atoms with Crippen molar-refractivity contribution >= 4 is 5.97 Å². The summed E-state index contributed by atoms with van der Waals surface area (Å²) < 4.78 is 11.4. The molecule has 5 heteroatoms. The van der Waals surface area contributed by atoms with E-state index in [0.717, 1.165) is 11.4 Å². The molecule has 0 saturated carbocycles. The normalized spacial score (nSPS) is 10.1. The summed E-state index contributed by atoms with van der Waals surface area (Å²) >= 11 is 0. The van der Waals surface area contributed by atoms with Gasteiger partial charge in [-0.1, -0.05) is 6.07 Å². The van der Waals surface area contributed by atoms with Crippen molar-refractivity contribution in [3.63, 3.8) is 0 Å². The number of aromatic nitrogens is 2. The lowest BCUT2D eigenvalue weighted by Gasteiger charge is -2.04. The minimum atomic E-state index is -0.300. The van der Waals surface area contributed by atoms with Crippen molar-refractivity contribution < 1.29 is 14.3 Å². The van der Waals surface area contributed by atoms with Crippen LogP contribution >= 0.6 is 0 Å². The fraction of sp³-hybridized carbons (Fsp3) is 0.231. The van der Waals surface area contributed by atoms with Gasteiger partial charge in [0.15, 0.2) is 0 Å². The Hall–Kier alpha value is -2.30. The van der Waals surface area contributed by atoms with E-state index in [2.05, 4.69) is 9.84 Å². The van der Waals surface area contributed by atoms with Gasteiger partial charge in [-0.2, -0.15) is 5.10 Å². The lowest BCUT2D eigenvalue weighted by molar-refractivity contribution is -0.139. The third kappa shape index (κ3) is 2.68. The average molecular weight is 246 g/mol. The first-order valence-electron chi connectivity index (χ1n) is 5.48. The summed E-state index contributed by atoms with van der Waals surface area (Å²) in [7, 11) is 2.98. The van der Waals surface area contributed by atoms with Gasteiger partial charge in [-0.05, 0) is 18.2 Å². The third-order valence-corrected chi connectivity index (χ3v) is 2.52. The van der Waals surface area contributed by atoms with Gasteiger partial charge in [-0.25, -0.2) is 4.68 Å². The fourth-order valence-corrected chi connectivity index (χ4v) is 1.57. The number of ether oxygens (including phenoxy) is 2. The van der Waals surface area contributed by atoms with Crippen molar-refractivity contribution in [1.29, 1.82) is 0 Å². The van der Waals surface area contributed by atoms with Crippen LogP contribution in [0.5, 0.6) is 5.75 Å². The molecule has 0 N–H and O–H groups in total. The first kappa shape index (κ1) is 12.2. The maximum Gasteiger partial charge on any atom is 0.311 e. The number of nitrogens with zero attached hydrogens (tertiary/aromatic N) is 2. The Morgan fingerprint density at radius 2 is 2.17 bits per heavy atom. The number of esters is 1. The molecule has 2 aromatic rings. The lowest BCUT2D eigenvalue weighted by atomic mass is 10.3. The molecule has 0 aliphatic rings. The van der Waals surface area contributed by atoms with Gasteiger partial charge in [0.05, 0.1) is 32.0 Å². The Balaban J connectivity index is 2.20. The maximum atomic E-state index is 11.1. The summed E-state index contributed by atoms with van der Waals surface area (Å²) in [6.45, 7) is 0. The second-order valence-electron chi connectivity index (χ2n) is 3.71. The van der Waals surface area contributed by atoms with Gasteiger partial charge in [0, 0.05) is 12.3 Å². The molecule has 0 saturated heterocycles. The molecule has 0 unspecified atom stereocenters. The molecule has 0 aliphatic heterocycles. The Bertz CT molecular complexity index is 549. The molecule has 94 valence electrons. The van der Waals surface area contributed by atoms with Crippen LogP contribution in [-0.4, -0.2) is 30.0 Å². The Morgan fingerprint density at radius 1 is 1.33 bits per heavy atom. The van der Waals surface area contributed by atoms with E-state index < -0.39 is 0 Å². The fourth-order valence-electron chi connectivity index (χ4n) is 1.57. The Morgan fingerprint density at radius 3 is 2.89 bits per heavy atom. The zero-order chi connectivity index (χ0) is 13.0. The van der Waals surface area contributed by atoms with Gasteiger partial charge in [-0.15, -0.1) is 0 Å². The standard InChI is InChI=1S/C13H14N2O3/c1-17-12-5-3-4-11(9-12)15-7-6-10(14-15)8-13(16)18-2/h3-7,9H,8H2,1-2H3. The molecule has 0 atom stereocenters. The van der Waals surface area contributed by atoms with Gasteiger partial charge in [0.1, 0.15) is 5.75 Å². The molecule has 1 aromatic heterocycles. The zero-order valence-electron chi connectivity index (χ0n) is 10.3. The van der Waals surface area contributed by atoms with Crippen molar-refractivity contribution in [2.75, 3.05) is 14.2 Å². The molecule has 0 spiro atoms. The van der Waals surface area contributed by atoms with E-state index in [4.69, 9.17) is 4.74 Å². The quantitative estimate of drug-likeness (QED) is 0.769. The van der Waals surface area contributed by atoms with Gasteiger partial charge in [-0.3, -0.25) is 4.79 Å². The number of hydrogen-bond acceptors (Lipinski definition) is 4. The van der Waals surface area contributed by atoms with E-state index in [1.807, 2.05) is 24.3 Å². The topological polar surface area (TPSA) is 53.4 Å². The van der Waals surface area contributed by atoms with E-state index in [9.17, 15) is 4.79 Å². The summed E-state index contributed by atoms with van der Waals surface area (Å²) in [6, 6.07) is 9.32. The Labute approximate surface area is 105 Å². The van der Waals surface area contributed by atoms with E-state index >= 15 is 0 Å². The highest BCUT2D eigenvalue weighted by Crippen LogP contribution is 2.16. The summed E-state index contributed by atoms with van der Waals surface area (Å²) in [4.78, 5) is 11.1. The molecule has 2 rings (SSSR count). The van der Waals surface area contributed by atoms with Crippen LogP contribution in [0.1, 0.15) is 5.69 Å². The molecule has 0 amide bonds. The molecule has 0 aliphatic carbocycles. The highest BCUT2D eigenvalue weighted by atomic mass is 16.5. The highest BCUT2D eigenvalue weighted by Gasteiger charge is 2.07. The summed E-state index contributed by atoms with van der Waals surface area (Å²) in [5.74, 6) is 0.461. The number of hydrogen-bond donors (Lipinski definition) is 0. The van der Waals surface area contributed by atoms with Crippen LogP contribution in [0.2, 0.25) is 0 Å². The molecule has 0 bridgehead atoms. The number of carbonyl (C=O) groups is 1. The zero-order valence-corrected chi connectivity index (χ0v) is 10.3. The number of benzene rings is 1. The first-order valence-corrected chi connectivity index (χ1v) is 5.48. The van der Waals surface area contributed by atoms with Gasteiger partial charge >= 0.3 is 5.97 Å². The van der Waals surface area contributed by atoms with Crippen LogP contribution in [0.3, 0.4) is 0 Å². The minimum Gasteiger partial charge on any atom is -0.497 e. The van der Waals surface area contributed by atoms with E-state index in [1.165, 1.54) is 7.11 Å². The second-order valence-corrected chi connectivity index (χ2v) is 3.71. The van der Waals surface area contributed by atoms with Crippen LogP contribution < -0.4 is 4.74 Å². The largest absolute Gasteiger partial charge is 0.497 e. The molecule has 1 heterocycles. The molecule has 0 radical (unpaired) electrons. The molecule has 0 fully saturated rings. The minimum absolute atomic E-state index is 0.174. The molecular weight excluding hydrogens is 232 g/mol. The highest BCUT2D eigenvalue weighted by molar-refractivity contribution is 5.71. The maximum absolute atomic E-state index is 11.1. The first-order chi connectivity index (χ1) is 8.72. The number of rotatable bonds is 4. The van der Waals surface area contributed by atoms with E-state index in [1.54, 1.807) is 24.1 Å². The van der Waals surface area contributed by atoms with E-state index in [0.29, 0.717) is 5.69 Å². The summed E-state index contributed by atoms with van der Waals surface area (Å²) in [6.07, 6.45) is 1.97. The van der Waals surface area contributed by atoms with Gasteiger partial charge in [0.2, 0.25) is 0 Å². The molecular formula is C13H14N2O3. The number of carbonyl (C=O) groups excluding carboxylic acids is 1. The summed E-state index contributed by atoms with van der Waals surface area (Å²) in [5.41, 5.74) is 1.55. The van der Waals surface area contributed by atoms with Crippen LogP contribution in [-0.2, 0) is 16.0 Å². The van der Waals surface area contributed by atoms with Crippen molar-refractivity contribution in [3.05, 3.63) is 42.2 Å². The van der Waals surface area contributed by atoms with Crippen LogP contribution in [0.25, 0.3) is 5.69 Å². The van der Waals surface area contributed by atoms with E-state index in [-0.39, 0.29) is 12.4 Å².